The molecule has 0 unspecified atom stereocenters. The van der Waals surface area contributed by atoms with Crippen LogP contribution < -0.4 is 15.5 Å². The molecule has 6 heteroatoms. The molecule has 144 valence electrons. The van der Waals surface area contributed by atoms with Crippen LogP contribution in [0.1, 0.15) is 16.9 Å². The Balaban J connectivity index is 1.12. The molecule has 2 amide bonds. The predicted octanol–water partition coefficient (Wildman–Crippen LogP) is 2.93. The van der Waals surface area contributed by atoms with E-state index in [4.69, 9.17) is 0 Å². The first-order valence-corrected chi connectivity index (χ1v) is 10.7. The Kier molecular flexibility index (Phi) is 5.94. The summed E-state index contributed by atoms with van der Waals surface area (Å²) < 4.78 is 0. The number of nitrogens with zero attached hydrogens (tertiary/aromatic N) is 2. The molecule has 1 atom stereocenters. The molecule has 1 fully saturated rings. The van der Waals surface area contributed by atoms with Crippen LogP contribution in [0.5, 0.6) is 0 Å². The molecule has 1 saturated heterocycles. The smallest absolute Gasteiger partial charge is 0.314 e. The van der Waals surface area contributed by atoms with Crippen molar-refractivity contribution in [1.29, 1.82) is 0 Å². The second kappa shape index (κ2) is 8.76. The first-order chi connectivity index (χ1) is 13.3. The number of para-hydroxylation sites is 1. The number of urea groups is 1. The third-order valence-electron chi connectivity index (χ3n) is 5.56. The summed E-state index contributed by atoms with van der Waals surface area (Å²) in [4.78, 5) is 18.4. The van der Waals surface area contributed by atoms with Crippen molar-refractivity contribution in [1.82, 2.24) is 15.5 Å². The minimum atomic E-state index is -0.0404. The Morgan fingerprint density at radius 1 is 1.15 bits per heavy atom. The van der Waals surface area contributed by atoms with Gasteiger partial charge in [0.25, 0.3) is 0 Å². The fourth-order valence-electron chi connectivity index (χ4n) is 4.00. The summed E-state index contributed by atoms with van der Waals surface area (Å²) in [6.45, 7) is 6.55. The van der Waals surface area contributed by atoms with E-state index in [9.17, 15) is 4.79 Å². The topological polar surface area (TPSA) is 47.6 Å². The number of amides is 2. The summed E-state index contributed by atoms with van der Waals surface area (Å²) in [5.41, 5.74) is 2.74. The summed E-state index contributed by atoms with van der Waals surface area (Å²) >= 11 is 1.86. The van der Waals surface area contributed by atoms with Crippen molar-refractivity contribution < 1.29 is 4.79 Å². The van der Waals surface area contributed by atoms with E-state index in [1.165, 1.54) is 16.1 Å². The summed E-state index contributed by atoms with van der Waals surface area (Å²) in [5.74, 6) is 0.523. The number of rotatable bonds is 6. The van der Waals surface area contributed by atoms with Crippen LogP contribution in [0.2, 0.25) is 0 Å². The summed E-state index contributed by atoms with van der Waals surface area (Å²) in [5, 5.41) is 8.25. The molecule has 0 radical (unpaired) electrons. The molecule has 2 aliphatic heterocycles. The number of thiophene rings is 1. The molecule has 2 aliphatic rings. The van der Waals surface area contributed by atoms with Crippen LogP contribution in [0.4, 0.5) is 10.5 Å². The van der Waals surface area contributed by atoms with Crippen molar-refractivity contribution >= 4 is 23.1 Å². The van der Waals surface area contributed by atoms with Gasteiger partial charge in [-0.15, -0.1) is 11.3 Å². The number of carbonyl (C=O) groups is 1. The van der Waals surface area contributed by atoms with Crippen molar-refractivity contribution in [3.05, 3.63) is 52.2 Å². The van der Waals surface area contributed by atoms with E-state index in [1.54, 1.807) is 0 Å². The maximum Gasteiger partial charge on any atom is 0.314 e. The molecule has 0 aliphatic carbocycles. The van der Waals surface area contributed by atoms with Crippen LogP contribution in [0.3, 0.4) is 0 Å². The van der Waals surface area contributed by atoms with Crippen LogP contribution in [-0.2, 0) is 13.0 Å². The fraction of sp³-hybridized carbons (Fsp3) is 0.476. The minimum absolute atomic E-state index is 0.0404. The quantitative estimate of drug-likeness (QED) is 0.805. The molecule has 2 N–H and O–H groups in total. The van der Waals surface area contributed by atoms with Crippen molar-refractivity contribution in [2.24, 2.45) is 5.92 Å². The Labute approximate surface area is 165 Å². The third-order valence-corrected chi connectivity index (χ3v) is 6.58. The lowest BCUT2D eigenvalue weighted by molar-refractivity contribution is 0.230. The highest BCUT2D eigenvalue weighted by atomic mass is 32.1. The van der Waals surface area contributed by atoms with Gasteiger partial charge in [0.05, 0.1) is 0 Å². The van der Waals surface area contributed by atoms with Gasteiger partial charge in [0.2, 0.25) is 0 Å². The zero-order valence-electron chi connectivity index (χ0n) is 15.7. The van der Waals surface area contributed by atoms with E-state index in [-0.39, 0.29) is 6.03 Å². The first-order valence-electron chi connectivity index (χ1n) is 9.87. The van der Waals surface area contributed by atoms with Gasteiger partial charge in [-0.2, -0.15) is 0 Å². The fourth-order valence-corrected chi connectivity index (χ4v) is 4.89. The van der Waals surface area contributed by atoms with E-state index < -0.39 is 0 Å². The first kappa shape index (κ1) is 18.3. The standard InChI is InChI=1S/C21H28N4OS/c26-21(22-9-12-24-10-7-20-18(16-24)8-13-27-20)23-14-17-6-11-25(15-17)19-4-2-1-3-5-19/h1-5,8,13,17H,6-7,9-12,14-16H2,(H2,22,23,26)/t17-/m1/s1. The molecule has 0 bridgehead atoms. The molecule has 3 heterocycles. The highest BCUT2D eigenvalue weighted by molar-refractivity contribution is 7.10. The highest BCUT2D eigenvalue weighted by Crippen LogP contribution is 2.24. The van der Waals surface area contributed by atoms with Crippen molar-refractivity contribution in [3.8, 4) is 0 Å². The van der Waals surface area contributed by atoms with Gasteiger partial charge in [-0.25, -0.2) is 4.79 Å². The van der Waals surface area contributed by atoms with Crippen LogP contribution in [-0.4, -0.2) is 50.2 Å². The van der Waals surface area contributed by atoms with Gasteiger partial charge in [-0.05, 0) is 47.9 Å². The van der Waals surface area contributed by atoms with Crippen LogP contribution in [0.25, 0.3) is 0 Å². The Morgan fingerprint density at radius 3 is 2.93 bits per heavy atom. The van der Waals surface area contributed by atoms with E-state index in [1.807, 2.05) is 17.4 Å². The van der Waals surface area contributed by atoms with E-state index >= 15 is 0 Å². The highest BCUT2D eigenvalue weighted by Gasteiger charge is 2.23. The average molecular weight is 385 g/mol. The Hall–Kier alpha value is -2.05. The Bertz CT molecular complexity index is 748. The number of nitrogens with one attached hydrogen (secondary N) is 2. The lowest BCUT2D eigenvalue weighted by Gasteiger charge is -2.26. The van der Waals surface area contributed by atoms with Gasteiger partial charge in [0, 0.05) is 56.4 Å². The molecule has 1 aromatic carbocycles. The molecule has 2 aromatic rings. The monoisotopic (exact) mass is 384 g/mol. The maximum absolute atomic E-state index is 12.1. The molecule has 4 rings (SSSR count). The number of benzene rings is 1. The van der Waals surface area contributed by atoms with E-state index in [0.29, 0.717) is 12.5 Å². The second-order valence-corrected chi connectivity index (χ2v) is 8.47. The van der Waals surface area contributed by atoms with Gasteiger partial charge in [0.15, 0.2) is 0 Å². The lowest BCUT2D eigenvalue weighted by Crippen LogP contribution is -2.43. The lowest BCUT2D eigenvalue weighted by atomic mass is 10.1. The van der Waals surface area contributed by atoms with Crippen molar-refractivity contribution in [2.45, 2.75) is 19.4 Å². The summed E-state index contributed by atoms with van der Waals surface area (Å²) in [7, 11) is 0. The van der Waals surface area contributed by atoms with Crippen LogP contribution in [0, 0.1) is 5.92 Å². The largest absolute Gasteiger partial charge is 0.371 e. The number of hydrogen-bond donors (Lipinski definition) is 2. The molecule has 1 aromatic heterocycles. The van der Waals surface area contributed by atoms with Gasteiger partial charge in [-0.3, -0.25) is 4.90 Å². The molecule has 5 nitrogen and oxygen atoms in total. The average Bonchev–Trinajstić information content (AvgIpc) is 3.36. The molecule has 0 saturated carbocycles. The molecule has 27 heavy (non-hydrogen) atoms. The zero-order chi connectivity index (χ0) is 18.5. The maximum atomic E-state index is 12.1. The number of carbonyl (C=O) groups excluding carboxylic acids is 1. The Morgan fingerprint density at radius 2 is 2.04 bits per heavy atom. The van der Waals surface area contributed by atoms with E-state index in [2.05, 4.69) is 56.1 Å². The molecular formula is C21H28N4OS. The SMILES string of the molecule is O=C(NCCN1CCc2sccc2C1)NC[C@H]1CCN(c2ccccc2)C1. The van der Waals surface area contributed by atoms with Gasteiger partial charge >= 0.3 is 6.03 Å². The van der Waals surface area contributed by atoms with Crippen LogP contribution >= 0.6 is 11.3 Å². The van der Waals surface area contributed by atoms with Gasteiger partial charge < -0.3 is 15.5 Å². The van der Waals surface area contributed by atoms with Crippen LogP contribution in [0.15, 0.2) is 41.8 Å². The third kappa shape index (κ3) is 4.82. The van der Waals surface area contributed by atoms with Gasteiger partial charge in [0.1, 0.15) is 0 Å². The van der Waals surface area contributed by atoms with Crippen molar-refractivity contribution in [2.75, 3.05) is 44.2 Å². The number of fused-ring (bicyclic) bond motifs is 1. The number of anilines is 1. The summed E-state index contributed by atoms with van der Waals surface area (Å²) in [6, 6.07) is 12.7. The predicted molar refractivity (Wildman–Crippen MR) is 111 cm³/mol. The number of hydrogen-bond acceptors (Lipinski definition) is 4. The second-order valence-electron chi connectivity index (χ2n) is 7.47. The van der Waals surface area contributed by atoms with Gasteiger partial charge in [-0.1, -0.05) is 18.2 Å². The molecule has 0 spiro atoms. The minimum Gasteiger partial charge on any atom is -0.371 e. The van der Waals surface area contributed by atoms with Crippen molar-refractivity contribution in [3.63, 3.8) is 0 Å². The van der Waals surface area contributed by atoms with E-state index in [0.717, 1.165) is 52.1 Å². The molecular weight excluding hydrogens is 356 g/mol. The normalized spacial score (nSPS) is 19.7. The zero-order valence-corrected chi connectivity index (χ0v) is 16.5. The summed E-state index contributed by atoms with van der Waals surface area (Å²) in [6.07, 6.45) is 2.27.